The number of carbonyl (C=O) groups excluding carboxylic acids is 1. The van der Waals surface area contributed by atoms with Gasteiger partial charge in [0.05, 0.1) is 12.2 Å². The molecule has 1 fully saturated rings. The molecule has 2 atom stereocenters. The molecular weight excluding hydrogens is 688 g/mol. The zero-order valence-corrected chi connectivity index (χ0v) is 29.5. The van der Waals surface area contributed by atoms with Crippen LogP contribution >= 0.6 is 0 Å². The topological polar surface area (TPSA) is 70.7 Å². The SMILES string of the molecule is CCOC(=O)/C(=C\c1ccc2c(c1)C1CCCC1N2c1ccc(C=C(c2ccccc2)c2ccccc2)cc1)c1cc[n+](CC(=O)O)cc1.[2H-].[Br-]. The van der Waals surface area contributed by atoms with E-state index in [0.29, 0.717) is 23.1 Å². The third kappa shape index (κ3) is 7.33. The van der Waals surface area contributed by atoms with Crippen LogP contribution in [0.5, 0.6) is 0 Å². The van der Waals surface area contributed by atoms with Gasteiger partial charge in [0.2, 0.25) is 6.54 Å². The number of esters is 1. The molecule has 254 valence electrons. The van der Waals surface area contributed by atoms with Crippen LogP contribution in [0, 0.1) is 0 Å². The Morgan fingerprint density at radius 3 is 2.08 bits per heavy atom. The fraction of sp³-hybridized carbons (Fsp3) is 0.186. The van der Waals surface area contributed by atoms with Crippen LogP contribution in [0.1, 0.15) is 66.9 Å². The van der Waals surface area contributed by atoms with Gasteiger partial charge in [0, 0.05) is 41.0 Å². The molecule has 2 aliphatic rings. The standard InChI is InChI=1S/C43H38N2O4.BrH.H/c1-2-49-43(48)38(34-22-24-44(25-23-34)29-42(46)47)27-31-18-21-41-39(28-31)36-14-9-15-40(36)45(41)35-19-16-30(17-20-35)26-37(32-10-5-3-6-11-32)33-12-7-4-8-13-33;;/h3-8,10-13,16-28,36,40H,2,9,14-15,29H2,1H3;1H;/q;;-1/i;;1+1. The molecule has 1 N–H and O–H groups in total. The van der Waals surface area contributed by atoms with E-state index in [2.05, 4.69) is 102 Å². The predicted octanol–water partition coefficient (Wildman–Crippen LogP) is 5.66. The Balaban J connectivity index is 0.00000252. The van der Waals surface area contributed by atoms with Crippen LogP contribution in [0.25, 0.3) is 23.3 Å². The van der Waals surface area contributed by atoms with Gasteiger partial charge in [0.25, 0.3) is 0 Å². The smallest absolute Gasteiger partial charge is 0.370 e. The number of halogens is 1. The molecule has 7 rings (SSSR count). The molecular formula is C43H40BrN2O4-. The maximum absolute atomic E-state index is 13.1. The van der Waals surface area contributed by atoms with Crippen LogP contribution in [-0.4, -0.2) is 29.7 Å². The molecule has 0 saturated heterocycles. The van der Waals surface area contributed by atoms with Gasteiger partial charge in [-0.1, -0.05) is 85.3 Å². The number of rotatable bonds is 10. The lowest BCUT2D eigenvalue weighted by Gasteiger charge is -2.27. The van der Waals surface area contributed by atoms with Crippen LogP contribution < -0.4 is 26.4 Å². The fourth-order valence-electron chi connectivity index (χ4n) is 7.30. The van der Waals surface area contributed by atoms with E-state index in [9.17, 15) is 9.59 Å². The highest BCUT2D eigenvalue weighted by molar-refractivity contribution is 6.21. The first kappa shape index (κ1) is 34.6. The van der Waals surface area contributed by atoms with Gasteiger partial charge in [-0.15, -0.1) is 0 Å². The molecule has 50 heavy (non-hydrogen) atoms. The summed E-state index contributed by atoms with van der Waals surface area (Å²) in [6.07, 6.45) is 10.9. The molecule has 4 aromatic carbocycles. The molecule has 6 nitrogen and oxygen atoms in total. The van der Waals surface area contributed by atoms with E-state index in [0.717, 1.165) is 24.0 Å². The zero-order chi connectivity index (χ0) is 33.7. The Bertz CT molecular complexity index is 1990. The summed E-state index contributed by atoms with van der Waals surface area (Å²) in [6.45, 7) is 1.91. The number of pyridine rings is 1. The van der Waals surface area contributed by atoms with Gasteiger partial charge in [0.15, 0.2) is 12.4 Å². The maximum Gasteiger partial charge on any atom is 0.370 e. The average molecular weight is 730 g/mol. The van der Waals surface area contributed by atoms with Gasteiger partial charge >= 0.3 is 11.9 Å². The number of nitrogens with zero attached hydrogens (tertiary/aromatic N) is 2. The normalized spacial score (nSPS) is 16.2. The summed E-state index contributed by atoms with van der Waals surface area (Å²) in [4.78, 5) is 26.8. The lowest BCUT2D eigenvalue weighted by atomic mass is 9.95. The molecule has 2 heterocycles. The summed E-state index contributed by atoms with van der Waals surface area (Å²) in [5, 5.41) is 9.14. The second kappa shape index (κ2) is 15.5. The Kier molecular flexibility index (Phi) is 10.7. The Labute approximate surface area is 305 Å². The molecule has 1 aliphatic heterocycles. The van der Waals surface area contributed by atoms with Crippen molar-refractivity contribution in [2.24, 2.45) is 0 Å². The van der Waals surface area contributed by atoms with E-state index in [1.54, 1.807) is 36.0 Å². The van der Waals surface area contributed by atoms with Crippen molar-refractivity contribution in [3.63, 3.8) is 0 Å². The molecule has 0 spiro atoms. The van der Waals surface area contributed by atoms with E-state index in [1.807, 2.05) is 18.2 Å². The third-order valence-corrected chi connectivity index (χ3v) is 9.50. The zero-order valence-electron chi connectivity index (χ0n) is 28.9. The lowest BCUT2D eigenvalue weighted by molar-refractivity contribution is -0.685. The summed E-state index contributed by atoms with van der Waals surface area (Å²) >= 11 is 0. The van der Waals surface area contributed by atoms with Gasteiger partial charge < -0.3 is 33.2 Å². The minimum Gasteiger partial charge on any atom is -1.00 e. The van der Waals surface area contributed by atoms with Crippen molar-refractivity contribution < 1.29 is 42.4 Å². The van der Waals surface area contributed by atoms with E-state index >= 15 is 0 Å². The molecule has 1 aliphatic carbocycles. The van der Waals surface area contributed by atoms with Gasteiger partial charge in [-0.25, -0.2) is 9.59 Å². The molecule has 0 radical (unpaired) electrons. The maximum atomic E-state index is 13.1. The van der Waals surface area contributed by atoms with E-state index in [4.69, 9.17) is 9.84 Å². The van der Waals surface area contributed by atoms with Crippen molar-refractivity contribution >= 4 is 46.6 Å². The van der Waals surface area contributed by atoms with Crippen molar-refractivity contribution in [2.75, 3.05) is 11.5 Å². The second-order valence-corrected chi connectivity index (χ2v) is 12.6. The van der Waals surface area contributed by atoms with E-state index in [1.165, 1.54) is 40.1 Å². The quantitative estimate of drug-likeness (QED) is 0.0871. The predicted molar refractivity (Wildman–Crippen MR) is 195 cm³/mol. The first-order valence-electron chi connectivity index (χ1n) is 16.9. The van der Waals surface area contributed by atoms with E-state index < -0.39 is 11.9 Å². The number of carboxylic acids is 1. The number of hydrogen-bond donors (Lipinski definition) is 1. The molecule has 0 amide bonds. The highest BCUT2D eigenvalue weighted by atomic mass is 79.9. The van der Waals surface area contributed by atoms with Crippen molar-refractivity contribution in [3.05, 3.63) is 161 Å². The fourth-order valence-corrected chi connectivity index (χ4v) is 7.30. The highest BCUT2D eigenvalue weighted by Gasteiger charge is 2.42. The van der Waals surface area contributed by atoms with Crippen LogP contribution in [0.4, 0.5) is 11.4 Å². The van der Waals surface area contributed by atoms with Gasteiger partial charge in [-0.2, -0.15) is 4.57 Å². The number of carboxylic acid groups (broad SMARTS) is 1. The molecule has 5 aromatic rings. The van der Waals surface area contributed by atoms with Crippen LogP contribution in [0.3, 0.4) is 0 Å². The average Bonchev–Trinajstić information content (AvgIpc) is 3.72. The number of hydrogen-bond acceptors (Lipinski definition) is 4. The molecule has 7 heteroatoms. The summed E-state index contributed by atoms with van der Waals surface area (Å²) in [7, 11) is 0. The number of aromatic nitrogens is 1. The van der Waals surface area contributed by atoms with Crippen molar-refractivity contribution in [2.45, 2.75) is 44.7 Å². The molecule has 0 bridgehead atoms. The van der Waals surface area contributed by atoms with Gasteiger partial charge in [-0.05, 0) is 89.6 Å². The van der Waals surface area contributed by atoms with Gasteiger partial charge in [-0.3, -0.25) is 0 Å². The summed E-state index contributed by atoms with van der Waals surface area (Å²) in [5.74, 6) is -0.913. The Morgan fingerprint density at radius 1 is 0.820 bits per heavy atom. The second-order valence-electron chi connectivity index (χ2n) is 12.6. The number of benzene rings is 4. The number of ether oxygens (including phenoxy) is 1. The number of anilines is 2. The summed E-state index contributed by atoms with van der Waals surface area (Å²) < 4.78 is 6.99. The van der Waals surface area contributed by atoms with Gasteiger partial charge in [0.1, 0.15) is 0 Å². The first-order chi connectivity index (χ1) is 24.0. The van der Waals surface area contributed by atoms with Crippen LogP contribution in [-0.2, 0) is 20.9 Å². The van der Waals surface area contributed by atoms with Crippen LogP contribution in [0.2, 0.25) is 0 Å². The first-order valence-corrected chi connectivity index (χ1v) is 16.9. The number of fused-ring (bicyclic) bond motifs is 3. The monoisotopic (exact) mass is 728 g/mol. The minimum atomic E-state index is -0.927. The van der Waals surface area contributed by atoms with Crippen molar-refractivity contribution in [1.29, 1.82) is 0 Å². The Hall–Kier alpha value is -5.27. The summed E-state index contributed by atoms with van der Waals surface area (Å²) in [5.41, 5.74) is 10.5. The lowest BCUT2D eigenvalue weighted by Crippen LogP contribution is -3.00. The Morgan fingerprint density at radius 2 is 1.46 bits per heavy atom. The highest BCUT2D eigenvalue weighted by Crippen LogP contribution is 2.52. The van der Waals surface area contributed by atoms with Crippen molar-refractivity contribution in [1.82, 2.24) is 0 Å². The molecule has 1 aromatic heterocycles. The molecule has 2 unspecified atom stereocenters. The number of aliphatic carboxylic acids is 1. The third-order valence-electron chi connectivity index (χ3n) is 9.50. The van der Waals surface area contributed by atoms with Crippen LogP contribution in [0.15, 0.2) is 128 Å². The van der Waals surface area contributed by atoms with Crippen molar-refractivity contribution in [3.8, 4) is 0 Å². The number of carbonyl (C=O) groups is 2. The largest absolute Gasteiger partial charge is 1.00 e. The molecule has 1 saturated carbocycles. The van der Waals surface area contributed by atoms with E-state index in [-0.39, 0.29) is 31.6 Å². The minimum absolute atomic E-state index is 0. The summed E-state index contributed by atoms with van der Waals surface area (Å²) in [6, 6.07) is 40.4.